The Kier molecular flexibility index (Phi) is 51.8. The van der Waals surface area contributed by atoms with Gasteiger partial charge in [-0.3, -0.25) is 9.49 Å². The molecule has 0 aliphatic carbocycles. The van der Waals surface area contributed by atoms with Crippen LogP contribution in [0.15, 0.2) is 349 Å². The monoisotopic (exact) mass is 2110 g/mol. The summed E-state index contributed by atoms with van der Waals surface area (Å²) in [6.45, 7) is 15.3. The van der Waals surface area contributed by atoms with E-state index >= 15 is 0 Å². The third-order valence-electron chi connectivity index (χ3n) is 21.7. The van der Waals surface area contributed by atoms with Crippen molar-refractivity contribution in [2.75, 3.05) is 46.4 Å². The normalized spacial score (nSPS) is 12.5. The molecule has 2 aliphatic heterocycles. The number of hydrogen-bond acceptors (Lipinski definition) is 11. The first-order valence-electron chi connectivity index (χ1n) is 45.9. The summed E-state index contributed by atoms with van der Waals surface area (Å²) >= 11 is 13.8. The molecule has 20 heteroatoms. The van der Waals surface area contributed by atoms with Gasteiger partial charge >= 0.3 is 18.9 Å². The summed E-state index contributed by atoms with van der Waals surface area (Å²) in [4.78, 5) is 0. The van der Waals surface area contributed by atoms with E-state index in [1.807, 2.05) is 84.0 Å². The van der Waals surface area contributed by atoms with Crippen LogP contribution in [0.3, 0.4) is 0 Å². The number of ether oxygens (including phenoxy) is 5. The molecular weight excluding hydrogens is 1980 g/mol. The Morgan fingerprint density at radius 3 is 1.01 bits per heavy atom. The first-order chi connectivity index (χ1) is 64.3. The number of aliphatic hydroxyl groups excluding tert-OH is 3. The molecule has 0 unspecified atom stereocenters. The fraction of sp³-hybridized carbons (Fsp3) is 0.310. The van der Waals surface area contributed by atoms with E-state index in [0.717, 1.165) is 89.9 Å². The molecule has 4 N–H and O–H groups in total. The quantitative estimate of drug-likeness (QED) is 0.0132. The van der Waals surface area contributed by atoms with Crippen molar-refractivity contribution in [3.05, 3.63) is 390 Å². The van der Waals surface area contributed by atoms with Gasteiger partial charge in [-0.05, 0) is 136 Å². The van der Waals surface area contributed by atoms with Crippen LogP contribution in [0.1, 0.15) is 155 Å². The van der Waals surface area contributed by atoms with Gasteiger partial charge in [-0.1, -0.05) is 434 Å². The molecule has 698 valence electrons. The first-order valence-corrected chi connectivity index (χ1v) is 56.7. The van der Waals surface area contributed by atoms with Gasteiger partial charge in [0.15, 0.2) is 0 Å². The summed E-state index contributed by atoms with van der Waals surface area (Å²) in [5.74, 6) is 0.409. The Bertz CT molecular complexity index is 5290. The number of aliphatic hydroxyl groups is 3. The number of nitrogens with zero attached hydrogens (tertiary/aromatic N) is 2. The van der Waals surface area contributed by atoms with E-state index in [0.29, 0.717) is 37.6 Å². The Labute approximate surface area is 843 Å². The van der Waals surface area contributed by atoms with E-state index in [9.17, 15) is 10.2 Å². The van der Waals surface area contributed by atoms with Crippen molar-refractivity contribution in [3.63, 3.8) is 0 Å². The molecule has 0 saturated carbocycles. The molecule has 13 aromatic carbocycles. The van der Waals surface area contributed by atoms with Crippen molar-refractivity contribution < 1.29 is 63.0 Å². The van der Waals surface area contributed by atoms with E-state index in [4.69, 9.17) is 43.4 Å². The number of aryl methyl sites for hydroxylation is 3. The number of alkyl halides is 4. The van der Waals surface area contributed by atoms with Crippen LogP contribution in [0.4, 0.5) is 11.4 Å². The second kappa shape index (κ2) is 61.9. The molecule has 0 fully saturated rings. The van der Waals surface area contributed by atoms with Gasteiger partial charge in [0, 0.05) is 103 Å². The maximum atomic E-state index is 9.39. The van der Waals surface area contributed by atoms with Gasteiger partial charge in [0.25, 0.3) is 0 Å². The minimum absolute atomic E-state index is 0. The molecule has 0 aromatic heterocycles. The fourth-order valence-electron chi connectivity index (χ4n) is 15.2. The number of hydrogen-bond donors (Lipinski definition) is 4. The zero-order valence-corrected chi connectivity index (χ0v) is 88.7. The van der Waals surface area contributed by atoms with Gasteiger partial charge in [-0.2, -0.15) is 0 Å². The number of unbranched alkanes of at least 4 members (excludes halogenated alkanes) is 9. The van der Waals surface area contributed by atoms with Gasteiger partial charge in [0.1, 0.15) is 17.2 Å². The maximum absolute atomic E-state index is 9.39. The zero-order chi connectivity index (χ0) is 93.9. The average molecular weight is 2110 g/mol. The maximum Gasteiger partial charge on any atom is 1.00 e. The molecule has 0 spiro atoms. The van der Waals surface area contributed by atoms with E-state index in [2.05, 4.69) is 356 Å². The molecule has 0 bridgehead atoms. The molecule has 11 nitrogen and oxygen atoms in total. The third kappa shape index (κ3) is 37.9. The molecule has 13 aromatic rings. The molecule has 2 aliphatic rings. The largest absolute Gasteiger partial charge is 1.00 e. The SMILES string of the molecule is BrCCCCCCBr.BrCCCCCCP(=Nc1ccccc1)(c1ccccc1)c1ccccc1.BrCCCCCCP(c1ccccc1)c1ccccc1.Cc1cc(CO)c(O)c(CO)c1.Cc1cc(CO)c2c(c1)COC(C)(C)O2.Cc1cc(COCCP(=Nc2ccccc2)(c2ccccc2)c2ccccc2)c2c(c1)COC(C)(C)O2.[Li+].c1ccc([P-]c2ccccc2)cc1. The third-order valence-corrected chi connectivity index (χ3v) is 35.2. The van der Waals surface area contributed by atoms with Crippen LogP contribution in [-0.2, 0) is 53.9 Å². The molecule has 0 saturated heterocycles. The van der Waals surface area contributed by atoms with Gasteiger partial charge in [-0.25, -0.2) is 10.6 Å². The van der Waals surface area contributed by atoms with E-state index in [-0.39, 0.29) is 52.4 Å². The second-order valence-electron chi connectivity index (χ2n) is 33.2. The molecule has 133 heavy (non-hydrogen) atoms. The van der Waals surface area contributed by atoms with E-state index < -0.39 is 25.7 Å². The molecule has 0 amide bonds. The van der Waals surface area contributed by atoms with Gasteiger partial charge in [0.05, 0.1) is 57.6 Å². The van der Waals surface area contributed by atoms with Crippen LogP contribution in [0, 0.1) is 20.8 Å². The van der Waals surface area contributed by atoms with Crippen molar-refractivity contribution in [2.45, 2.75) is 177 Å². The van der Waals surface area contributed by atoms with Gasteiger partial charge in [-0.15, -0.1) is 0 Å². The van der Waals surface area contributed by atoms with Gasteiger partial charge in [0.2, 0.25) is 11.6 Å². The molecule has 15 rings (SSSR count). The number of phenols is 1. The molecule has 0 atom stereocenters. The predicted molar refractivity (Wildman–Crippen MR) is 580 cm³/mol. The Morgan fingerprint density at radius 1 is 0.361 bits per heavy atom. The summed E-state index contributed by atoms with van der Waals surface area (Å²) in [5.41, 5.74) is 10.2. The van der Waals surface area contributed by atoms with Crippen molar-refractivity contribution in [3.8, 4) is 17.2 Å². The zero-order valence-electron chi connectivity index (χ0n) is 78.7. The minimum atomic E-state index is -2.15. The summed E-state index contributed by atoms with van der Waals surface area (Å²) in [6, 6.07) is 119. The number of halogens is 4. The van der Waals surface area contributed by atoms with Crippen LogP contribution in [0.25, 0.3) is 0 Å². The number of rotatable bonds is 35. The minimum Gasteiger partial charge on any atom is -0.507 e. The van der Waals surface area contributed by atoms with Crippen molar-refractivity contribution in [1.29, 1.82) is 0 Å². The van der Waals surface area contributed by atoms with E-state index in [1.54, 1.807) is 12.1 Å². The first kappa shape index (κ1) is 111. The number of fused-ring (bicyclic) bond motifs is 2. The summed E-state index contributed by atoms with van der Waals surface area (Å²) in [6.07, 6.45) is 19.0. The topological polar surface area (TPSA) is 152 Å². The Morgan fingerprint density at radius 2 is 0.654 bits per heavy atom. The fourth-order valence-corrected chi connectivity index (χ4v) is 27.2. The van der Waals surface area contributed by atoms with Crippen molar-refractivity contribution in [2.24, 2.45) is 9.49 Å². The molecule has 0 radical (unpaired) electrons. The predicted octanol–water partition coefficient (Wildman–Crippen LogP) is 25.3. The average Bonchev–Trinajstić information content (AvgIpc) is 0.772. The van der Waals surface area contributed by atoms with Crippen LogP contribution in [0.2, 0.25) is 0 Å². The van der Waals surface area contributed by atoms with Crippen molar-refractivity contribution in [1.82, 2.24) is 0 Å². The Balaban J connectivity index is 0.000000201. The molecular formula is C113H133Br4LiN2O9P4. The van der Waals surface area contributed by atoms with Crippen molar-refractivity contribution >= 4 is 148 Å². The summed E-state index contributed by atoms with van der Waals surface area (Å²) in [7, 11) is -2.91. The van der Waals surface area contributed by atoms with Crippen LogP contribution >= 0.6 is 94.3 Å². The van der Waals surface area contributed by atoms with Crippen LogP contribution < -0.4 is 70.8 Å². The number of aromatic hydroxyl groups is 1. The second-order valence-corrected chi connectivity index (χ2v) is 46.4. The standard InChI is InChI=1S/C32H34NO3P.C24H27BrNP.C18H22BrP.C12H16O3.C12H10P.C9H12O3.C6H12Br2.Li/c1-25-21-26(31-27(22-25)24-35-32(2,3)36-31)23-34-19-20-37(29-15-9-5-10-16-29,30-17-11-6-12-18-30)33-28-13-7-4-8-14-28;25-20-12-1-2-13-21-27(23-16-8-4-9-17-23,24-18-10-5-11-19-24)26-22-14-6-3-7-15-22;19-15-9-1-2-10-16-20(17-11-5-3-6-12-17)18-13-7-4-8-14-18;1-8-4-9(6-13)11-10(5-8)7-14-12(2,3)15-11;1-3-7-11(8-4-1)13-12-9-5-2-6-10-12;1-6-2-7(4-10)9(12)8(3-6)5-11;7-5-3-1-2-4-6-8;/h4-18,21-22H,19-20,23-24H2,1-3H3;3-11,14-19H,1-2,12-13,20-21H2;3-8,11-14H,1-2,9-10,15-16H2;4-5,13H,6-7H2,1-3H3;1-10H;2-3,10-12H,4-5H2,1H3;1-6H2;/q;;;;-1;;;+1. The van der Waals surface area contributed by atoms with Crippen LogP contribution in [-0.4, -0.2) is 78.4 Å². The molecule has 2 heterocycles. The van der Waals surface area contributed by atoms with Crippen LogP contribution in [0.5, 0.6) is 17.2 Å². The Hall–Kier alpha value is -7.14. The van der Waals surface area contributed by atoms with E-state index in [1.165, 1.54) is 140 Å². The summed E-state index contributed by atoms with van der Waals surface area (Å²) in [5, 5.41) is 51.8. The van der Waals surface area contributed by atoms with Gasteiger partial charge < -0.3 is 52.7 Å². The summed E-state index contributed by atoms with van der Waals surface area (Å²) < 4.78 is 40.6. The number of benzene rings is 13. The smallest absolute Gasteiger partial charge is 0.507 e.